The molecule has 1 aromatic heterocycles. The number of aliphatic hydroxyl groups is 1. The third kappa shape index (κ3) is 11.2. The lowest BCUT2D eigenvalue weighted by atomic mass is 9.96. The fraction of sp³-hybridized carbons (Fsp3) is 0.389. The molecule has 0 saturated heterocycles. The van der Waals surface area contributed by atoms with Gasteiger partial charge in [-0.3, -0.25) is 14.9 Å². The number of aryl methyl sites for hydroxylation is 1. The summed E-state index contributed by atoms with van der Waals surface area (Å²) < 4.78 is 10.7. The van der Waals surface area contributed by atoms with E-state index < -0.39 is 35.9 Å². The van der Waals surface area contributed by atoms with Crippen LogP contribution in [0.1, 0.15) is 56.6 Å². The molecule has 0 unspecified atom stereocenters. The van der Waals surface area contributed by atoms with Gasteiger partial charge in [-0.1, -0.05) is 66.7 Å². The van der Waals surface area contributed by atoms with Gasteiger partial charge in [-0.05, 0) is 62.9 Å². The van der Waals surface area contributed by atoms with Crippen LogP contribution < -0.4 is 16.0 Å². The summed E-state index contributed by atoms with van der Waals surface area (Å²) in [5, 5.41) is 20.3. The number of benzene rings is 3. The fourth-order valence-corrected chi connectivity index (χ4v) is 5.04. The number of nitrogens with zero attached hydrogens (tertiary/aromatic N) is 1. The Morgan fingerprint density at radius 1 is 0.894 bits per heavy atom. The number of ether oxygens (including phenoxy) is 2. The highest BCUT2D eigenvalue weighted by molar-refractivity contribution is 5.78. The minimum Gasteiger partial charge on any atom is -0.465 e. The predicted octanol–water partition coefficient (Wildman–Crippen LogP) is 4.33. The van der Waals surface area contributed by atoms with Crippen molar-refractivity contribution >= 4 is 29.0 Å². The van der Waals surface area contributed by atoms with Crippen molar-refractivity contribution in [2.75, 3.05) is 6.61 Å². The van der Waals surface area contributed by atoms with Crippen LogP contribution in [-0.4, -0.2) is 63.4 Å². The van der Waals surface area contributed by atoms with E-state index in [1.807, 2.05) is 78.9 Å². The Hall–Kier alpha value is -4.74. The molecule has 11 nitrogen and oxygen atoms in total. The molecule has 0 aliphatic carbocycles. The second-order valence-electron chi connectivity index (χ2n) is 12.3. The molecule has 4 aromatic rings. The van der Waals surface area contributed by atoms with Gasteiger partial charge in [0.2, 0.25) is 5.91 Å². The van der Waals surface area contributed by atoms with Gasteiger partial charge >= 0.3 is 12.1 Å². The highest BCUT2D eigenvalue weighted by atomic mass is 16.6. The van der Waals surface area contributed by atoms with Crippen LogP contribution in [0.15, 0.2) is 78.9 Å². The molecule has 0 spiro atoms. The highest BCUT2D eigenvalue weighted by Crippen LogP contribution is 2.15. The number of amides is 2. The zero-order valence-electron chi connectivity index (χ0n) is 27.4. The van der Waals surface area contributed by atoms with Gasteiger partial charge in [0.05, 0.1) is 23.7 Å². The normalized spacial score (nSPS) is 13.4. The second-order valence-corrected chi connectivity index (χ2v) is 12.3. The number of esters is 1. The number of hydrogen-bond donors (Lipinski definition) is 5. The number of carbonyl (C=O) groups is 3. The van der Waals surface area contributed by atoms with E-state index in [2.05, 4.69) is 25.9 Å². The lowest BCUT2D eigenvalue weighted by molar-refractivity contribution is -0.149. The molecule has 0 saturated carbocycles. The second kappa shape index (κ2) is 16.7. The van der Waals surface area contributed by atoms with Gasteiger partial charge < -0.3 is 30.2 Å². The van der Waals surface area contributed by atoms with Crippen molar-refractivity contribution in [3.05, 3.63) is 101 Å². The molecule has 0 fully saturated rings. The quantitative estimate of drug-likeness (QED) is 0.120. The molecule has 0 aliphatic heterocycles. The standard InChI is InChI=1S/C36H45N5O6/c1-5-46-34(44)32(33(43)29(21-24-11-7-6-8-12-24)41-35(45)47-36(2,3)4)38-23-26-17-15-25(16-18-26)22-37-31(42)20-19-30-39-27-13-9-10-14-28(27)40-30/h6-18,29,32-33,38,43H,5,19-23H2,1-4H3,(H,37,42)(H,39,40)(H,41,45)/t29-,32+,33+/m0/s1. The Bertz CT molecular complexity index is 1570. The fourth-order valence-electron chi connectivity index (χ4n) is 5.04. The Balaban J connectivity index is 1.34. The SMILES string of the molecule is CCOC(=O)[C@H](NCc1ccc(CNC(=O)CCc2nc3ccccc3[nH]2)cc1)[C@H](O)[C@H](Cc1ccccc1)NC(=O)OC(C)(C)C. The smallest absolute Gasteiger partial charge is 0.407 e. The molecule has 11 heteroatoms. The largest absolute Gasteiger partial charge is 0.465 e. The summed E-state index contributed by atoms with van der Waals surface area (Å²) in [6.07, 6.45) is -0.948. The maximum Gasteiger partial charge on any atom is 0.407 e. The van der Waals surface area contributed by atoms with Crippen LogP contribution in [0.4, 0.5) is 4.79 Å². The third-order valence-corrected chi connectivity index (χ3v) is 7.36. The minimum atomic E-state index is -1.34. The van der Waals surface area contributed by atoms with Gasteiger partial charge in [-0.15, -0.1) is 0 Å². The minimum absolute atomic E-state index is 0.0764. The van der Waals surface area contributed by atoms with E-state index >= 15 is 0 Å². The molecular formula is C36H45N5O6. The van der Waals surface area contributed by atoms with Crippen molar-refractivity contribution in [2.45, 2.75) is 83.8 Å². The van der Waals surface area contributed by atoms with E-state index in [4.69, 9.17) is 9.47 Å². The molecule has 250 valence electrons. The summed E-state index contributed by atoms with van der Waals surface area (Å²) in [5.41, 5.74) is 3.72. The summed E-state index contributed by atoms with van der Waals surface area (Å²) >= 11 is 0. The number of hydrogen-bond acceptors (Lipinski definition) is 8. The van der Waals surface area contributed by atoms with Gasteiger partial charge in [0.1, 0.15) is 23.6 Å². The topological polar surface area (TPSA) is 155 Å². The number of fused-ring (bicyclic) bond motifs is 1. The number of imidazole rings is 1. The van der Waals surface area contributed by atoms with E-state index in [0.29, 0.717) is 19.4 Å². The van der Waals surface area contributed by atoms with Gasteiger partial charge in [-0.2, -0.15) is 0 Å². The molecule has 0 aliphatic rings. The summed E-state index contributed by atoms with van der Waals surface area (Å²) in [6, 6.07) is 22.7. The van der Waals surface area contributed by atoms with Gasteiger partial charge in [0, 0.05) is 25.9 Å². The van der Waals surface area contributed by atoms with Crippen molar-refractivity contribution in [3.63, 3.8) is 0 Å². The van der Waals surface area contributed by atoms with Crippen LogP contribution in [0.25, 0.3) is 11.0 Å². The first kappa shape index (κ1) is 35.1. The van der Waals surface area contributed by atoms with Crippen LogP contribution >= 0.6 is 0 Å². The van der Waals surface area contributed by atoms with Crippen LogP contribution in [0.2, 0.25) is 0 Å². The average molecular weight is 644 g/mol. The van der Waals surface area contributed by atoms with Gasteiger partial charge in [0.15, 0.2) is 0 Å². The molecule has 0 bridgehead atoms. The number of aromatic amines is 1. The highest BCUT2D eigenvalue weighted by Gasteiger charge is 2.35. The maximum absolute atomic E-state index is 13.0. The van der Waals surface area contributed by atoms with Crippen molar-refractivity contribution in [3.8, 4) is 0 Å². The van der Waals surface area contributed by atoms with E-state index in [1.54, 1.807) is 27.7 Å². The Morgan fingerprint density at radius 3 is 2.21 bits per heavy atom. The molecule has 4 rings (SSSR count). The van der Waals surface area contributed by atoms with Crippen LogP contribution in [0.5, 0.6) is 0 Å². The first-order valence-electron chi connectivity index (χ1n) is 15.9. The Labute approximate surface area is 275 Å². The van der Waals surface area contributed by atoms with Crippen molar-refractivity contribution < 1.29 is 29.0 Å². The molecule has 5 N–H and O–H groups in total. The monoisotopic (exact) mass is 643 g/mol. The number of H-pyrrole nitrogens is 1. The number of rotatable bonds is 15. The predicted molar refractivity (Wildman–Crippen MR) is 179 cm³/mol. The average Bonchev–Trinajstić information content (AvgIpc) is 3.46. The van der Waals surface area contributed by atoms with Crippen molar-refractivity contribution in [2.24, 2.45) is 0 Å². The molecule has 3 aromatic carbocycles. The molecule has 47 heavy (non-hydrogen) atoms. The van der Waals surface area contributed by atoms with Crippen molar-refractivity contribution in [1.29, 1.82) is 0 Å². The number of nitrogens with one attached hydrogen (secondary N) is 4. The first-order chi connectivity index (χ1) is 22.5. The van der Waals surface area contributed by atoms with Crippen LogP contribution in [0.3, 0.4) is 0 Å². The van der Waals surface area contributed by atoms with Crippen LogP contribution in [0, 0.1) is 0 Å². The van der Waals surface area contributed by atoms with Crippen molar-refractivity contribution in [1.82, 2.24) is 25.9 Å². The van der Waals surface area contributed by atoms with E-state index in [1.165, 1.54) is 0 Å². The number of carbonyl (C=O) groups excluding carboxylic acids is 3. The van der Waals surface area contributed by atoms with E-state index in [0.717, 1.165) is 33.5 Å². The van der Waals surface area contributed by atoms with E-state index in [9.17, 15) is 19.5 Å². The molecule has 1 heterocycles. The van der Waals surface area contributed by atoms with E-state index in [-0.39, 0.29) is 25.5 Å². The molecule has 2 amide bonds. The van der Waals surface area contributed by atoms with Crippen LogP contribution in [-0.2, 0) is 45.0 Å². The maximum atomic E-state index is 13.0. The number of aromatic nitrogens is 2. The number of alkyl carbamates (subject to hydrolysis) is 1. The number of para-hydroxylation sites is 2. The summed E-state index contributed by atoms with van der Waals surface area (Å²) in [5.74, 6) is 0.0648. The molecule has 0 radical (unpaired) electrons. The van der Waals surface area contributed by atoms with Gasteiger partial charge in [-0.25, -0.2) is 9.78 Å². The third-order valence-electron chi connectivity index (χ3n) is 7.36. The zero-order chi connectivity index (χ0) is 33.8. The number of aliphatic hydroxyl groups excluding tert-OH is 1. The zero-order valence-corrected chi connectivity index (χ0v) is 27.4. The summed E-state index contributed by atoms with van der Waals surface area (Å²) in [7, 11) is 0. The summed E-state index contributed by atoms with van der Waals surface area (Å²) in [4.78, 5) is 46.0. The Morgan fingerprint density at radius 2 is 1.55 bits per heavy atom. The molecule has 3 atom stereocenters. The lowest BCUT2D eigenvalue weighted by Gasteiger charge is -2.31. The first-order valence-corrected chi connectivity index (χ1v) is 15.9. The molecular weight excluding hydrogens is 598 g/mol. The summed E-state index contributed by atoms with van der Waals surface area (Å²) in [6.45, 7) is 7.69. The van der Waals surface area contributed by atoms with Gasteiger partial charge in [0.25, 0.3) is 0 Å². The Kier molecular flexibility index (Phi) is 12.5. The lowest BCUT2D eigenvalue weighted by Crippen LogP contribution is -2.57.